The first-order chi connectivity index (χ1) is 15.3. The highest BCUT2D eigenvalue weighted by Gasteiger charge is 2.43. The Morgan fingerprint density at radius 1 is 0.839 bits per heavy atom. The van der Waals surface area contributed by atoms with Gasteiger partial charge < -0.3 is 0 Å². The Bertz CT molecular complexity index is 1270. The summed E-state index contributed by atoms with van der Waals surface area (Å²) < 4.78 is 2.18. The minimum Gasteiger partial charge on any atom is -0.252 e. The van der Waals surface area contributed by atoms with E-state index < -0.39 is 0 Å². The Balaban J connectivity index is 1.45. The normalized spacial score (nSPS) is 17.2. The van der Waals surface area contributed by atoms with Gasteiger partial charge >= 0.3 is 0 Å². The van der Waals surface area contributed by atoms with Gasteiger partial charge in [0.1, 0.15) is 10.4 Å². The molecular weight excluding hydrogens is 444 g/mol. The molecule has 2 aliphatic heterocycles. The molecule has 31 heavy (non-hydrogen) atoms. The average Bonchev–Trinajstić information content (AvgIpc) is 3.48. The van der Waals surface area contributed by atoms with E-state index in [1.54, 1.807) is 11.8 Å². The molecule has 7 heteroatoms. The van der Waals surface area contributed by atoms with Crippen LogP contribution in [0.4, 0.5) is 0 Å². The van der Waals surface area contributed by atoms with Crippen LogP contribution in [0.25, 0.3) is 11.4 Å². The van der Waals surface area contributed by atoms with Crippen molar-refractivity contribution in [2.45, 2.75) is 17.0 Å². The zero-order valence-corrected chi connectivity index (χ0v) is 18.7. The zero-order chi connectivity index (χ0) is 20.8. The average molecular weight is 461 g/mol. The van der Waals surface area contributed by atoms with Crippen molar-refractivity contribution >= 4 is 35.1 Å². The van der Waals surface area contributed by atoms with Gasteiger partial charge in [-0.25, -0.2) is 4.68 Å². The first-order valence-electron chi connectivity index (χ1n) is 9.95. The lowest BCUT2D eigenvalue weighted by Gasteiger charge is -2.25. The van der Waals surface area contributed by atoms with Crippen LogP contribution in [-0.2, 0) is 6.42 Å². The van der Waals surface area contributed by atoms with Crippen molar-refractivity contribution in [2.24, 2.45) is 0 Å². The molecule has 3 heterocycles. The maximum absolute atomic E-state index is 6.09. The maximum atomic E-state index is 6.09. The van der Waals surface area contributed by atoms with E-state index in [9.17, 15) is 0 Å². The highest BCUT2D eigenvalue weighted by Crippen LogP contribution is 2.56. The molecule has 3 aromatic carbocycles. The van der Waals surface area contributed by atoms with Crippen LogP contribution in [0, 0.1) is 0 Å². The lowest BCUT2D eigenvalue weighted by molar-refractivity contribution is 0.639. The van der Waals surface area contributed by atoms with Gasteiger partial charge in [-0.15, -0.1) is 10.2 Å². The van der Waals surface area contributed by atoms with Gasteiger partial charge in [-0.1, -0.05) is 96.2 Å². The molecule has 0 saturated carbocycles. The van der Waals surface area contributed by atoms with E-state index in [0.717, 1.165) is 28.0 Å². The summed E-state index contributed by atoms with van der Waals surface area (Å²) in [5.41, 5.74) is 3.57. The summed E-state index contributed by atoms with van der Waals surface area (Å²) in [6, 6.07) is 29.0. The molecule has 0 bridgehead atoms. The minimum atomic E-state index is 0.130. The molecule has 2 aliphatic rings. The van der Waals surface area contributed by atoms with Gasteiger partial charge in [-0.05, 0) is 35.0 Å². The van der Waals surface area contributed by atoms with Crippen LogP contribution in [-0.4, -0.2) is 14.9 Å². The number of aromatic nitrogens is 3. The fourth-order valence-electron chi connectivity index (χ4n) is 3.88. The number of nitrogens with zero attached hydrogens (tertiary/aromatic N) is 4. The Labute approximate surface area is 193 Å². The van der Waals surface area contributed by atoms with Gasteiger partial charge in [-0.3, -0.25) is 5.01 Å². The fraction of sp³-hybridized carbons (Fsp3) is 0.0833. The van der Waals surface area contributed by atoms with Crippen molar-refractivity contribution in [3.05, 3.63) is 111 Å². The predicted molar refractivity (Wildman–Crippen MR) is 128 cm³/mol. The first-order valence-corrected chi connectivity index (χ1v) is 12.0. The van der Waals surface area contributed by atoms with Crippen molar-refractivity contribution in [3.8, 4) is 11.4 Å². The number of benzene rings is 3. The summed E-state index contributed by atoms with van der Waals surface area (Å²) >= 11 is 9.69. The second kappa shape index (κ2) is 7.79. The van der Waals surface area contributed by atoms with E-state index >= 15 is 0 Å². The third-order valence-electron chi connectivity index (χ3n) is 5.33. The molecular formula is C24H17ClN4S2. The number of fused-ring (bicyclic) bond motifs is 3. The van der Waals surface area contributed by atoms with Crippen LogP contribution >= 0.6 is 35.1 Å². The van der Waals surface area contributed by atoms with Crippen LogP contribution in [0.15, 0.2) is 100 Å². The van der Waals surface area contributed by atoms with Crippen molar-refractivity contribution in [1.29, 1.82) is 0 Å². The van der Waals surface area contributed by atoms with Crippen LogP contribution in [0.1, 0.15) is 16.5 Å². The third kappa shape index (κ3) is 3.35. The SMILES string of the molecule is Clc1ccc(CC2=C3Sc4nnc(-c5ccccc5)n4N3C(c3ccccc3)S2)cc1. The molecule has 1 aromatic heterocycles. The van der Waals surface area contributed by atoms with Crippen molar-refractivity contribution in [2.75, 3.05) is 5.01 Å². The fourth-order valence-corrected chi connectivity index (χ4v) is 6.63. The lowest BCUT2D eigenvalue weighted by Crippen LogP contribution is -2.29. The summed E-state index contributed by atoms with van der Waals surface area (Å²) in [7, 11) is 0. The number of thioether (sulfide) groups is 2. The largest absolute Gasteiger partial charge is 0.252 e. The maximum Gasteiger partial charge on any atom is 0.217 e. The number of rotatable bonds is 4. The highest BCUT2D eigenvalue weighted by atomic mass is 35.5. The van der Waals surface area contributed by atoms with Crippen molar-refractivity contribution in [3.63, 3.8) is 0 Å². The van der Waals surface area contributed by atoms with Gasteiger partial charge in [0, 0.05) is 21.9 Å². The number of hydrogen-bond donors (Lipinski definition) is 0. The van der Waals surface area contributed by atoms with Crippen molar-refractivity contribution < 1.29 is 0 Å². The molecule has 0 fully saturated rings. The molecule has 6 rings (SSSR count). The topological polar surface area (TPSA) is 34.0 Å². The van der Waals surface area contributed by atoms with Crippen LogP contribution < -0.4 is 5.01 Å². The number of allylic oxidation sites excluding steroid dienone is 1. The molecule has 0 spiro atoms. The van der Waals surface area contributed by atoms with E-state index in [1.807, 2.05) is 42.1 Å². The lowest BCUT2D eigenvalue weighted by atomic mass is 10.1. The second-order valence-corrected chi connectivity index (χ2v) is 9.91. The van der Waals surface area contributed by atoms with E-state index in [1.165, 1.54) is 21.1 Å². The molecule has 1 atom stereocenters. The molecule has 152 valence electrons. The van der Waals surface area contributed by atoms with Gasteiger partial charge in [0.2, 0.25) is 5.16 Å². The summed E-state index contributed by atoms with van der Waals surface area (Å²) in [6.45, 7) is 0. The summed E-state index contributed by atoms with van der Waals surface area (Å²) in [5.74, 6) is 0.868. The van der Waals surface area contributed by atoms with Gasteiger partial charge in [0.15, 0.2) is 5.82 Å². The molecule has 0 saturated heterocycles. The van der Waals surface area contributed by atoms with E-state index in [-0.39, 0.29) is 5.37 Å². The van der Waals surface area contributed by atoms with Gasteiger partial charge in [0.25, 0.3) is 0 Å². The van der Waals surface area contributed by atoms with E-state index in [0.29, 0.717) is 0 Å². The molecule has 4 aromatic rings. The van der Waals surface area contributed by atoms with Gasteiger partial charge in [0.05, 0.1) is 0 Å². The van der Waals surface area contributed by atoms with Gasteiger partial charge in [-0.2, -0.15) is 0 Å². The molecule has 1 unspecified atom stereocenters. The molecule has 0 N–H and O–H groups in total. The molecule has 4 nitrogen and oxygen atoms in total. The third-order valence-corrected chi connectivity index (χ3v) is 8.10. The smallest absolute Gasteiger partial charge is 0.217 e. The Kier molecular flexibility index (Phi) is 4.78. The summed E-state index contributed by atoms with van der Waals surface area (Å²) in [4.78, 5) is 1.34. The number of hydrogen-bond acceptors (Lipinski definition) is 5. The quantitative estimate of drug-likeness (QED) is 0.347. The summed E-state index contributed by atoms with van der Waals surface area (Å²) in [6.07, 6.45) is 0.864. The van der Waals surface area contributed by atoms with Crippen molar-refractivity contribution in [1.82, 2.24) is 14.9 Å². The predicted octanol–water partition coefficient (Wildman–Crippen LogP) is 6.50. The Hall–Kier alpha value is -2.67. The van der Waals surface area contributed by atoms with Crippen LogP contribution in [0.3, 0.4) is 0 Å². The highest BCUT2D eigenvalue weighted by molar-refractivity contribution is 8.08. The van der Waals surface area contributed by atoms with E-state index in [4.69, 9.17) is 11.6 Å². The molecule has 0 amide bonds. The minimum absolute atomic E-state index is 0.130. The van der Waals surface area contributed by atoms with Crippen LogP contribution in [0.2, 0.25) is 5.02 Å². The van der Waals surface area contributed by atoms with Crippen LogP contribution in [0.5, 0.6) is 0 Å². The Morgan fingerprint density at radius 3 is 2.29 bits per heavy atom. The number of halogens is 1. The summed E-state index contributed by atoms with van der Waals surface area (Å²) in [5, 5.41) is 14.4. The monoisotopic (exact) mass is 460 g/mol. The molecule has 0 radical (unpaired) electrons. The Morgan fingerprint density at radius 2 is 1.55 bits per heavy atom. The standard InChI is InChI=1S/C24H17ClN4S2/c25-19-13-11-16(12-14-19)15-20-23-29(22(30-20)18-9-5-2-6-10-18)28-21(26-27-24(28)31-23)17-7-3-1-4-8-17/h1-14,22H,15H2. The zero-order valence-electron chi connectivity index (χ0n) is 16.4. The second-order valence-electron chi connectivity index (χ2n) is 7.34. The van der Waals surface area contributed by atoms with E-state index in [2.05, 4.69) is 74.5 Å². The first kappa shape index (κ1) is 19.0. The molecule has 0 aliphatic carbocycles.